The van der Waals surface area contributed by atoms with E-state index >= 15 is 0 Å². The first-order valence-corrected chi connectivity index (χ1v) is 7.79. The van der Waals surface area contributed by atoms with Gasteiger partial charge >= 0.3 is 22.9 Å². The summed E-state index contributed by atoms with van der Waals surface area (Å²) in [5.41, 5.74) is -2.35. The van der Waals surface area contributed by atoms with Crippen LogP contribution in [0.3, 0.4) is 0 Å². The number of rotatable bonds is 6. The molecule has 2 aromatic rings. The molecule has 1 aromatic heterocycles. The molecule has 2 N–H and O–H groups in total. The number of aromatic amines is 2. The quantitative estimate of drug-likeness (QED) is 0.404. The lowest BCUT2D eigenvalue weighted by Crippen LogP contribution is -2.25. The van der Waals surface area contributed by atoms with Crippen molar-refractivity contribution in [3.63, 3.8) is 0 Å². The van der Waals surface area contributed by atoms with Gasteiger partial charge in [0.05, 0.1) is 16.5 Å². The Morgan fingerprint density at radius 3 is 2.65 bits per heavy atom. The SMILES string of the molecule is COC(=O)COc1ccc(/C=C\c2[nH]c(=O)[nH]c(=O)c2[N+](=O)[O-])cc1Br. The fraction of sp³-hybridized carbons (Fsp3) is 0.133. The maximum atomic E-state index is 11.6. The largest absolute Gasteiger partial charge is 0.481 e. The lowest BCUT2D eigenvalue weighted by Gasteiger charge is -2.07. The number of ether oxygens (including phenoxy) is 2. The van der Waals surface area contributed by atoms with E-state index in [-0.39, 0.29) is 12.3 Å². The van der Waals surface area contributed by atoms with Crippen LogP contribution in [0.1, 0.15) is 11.3 Å². The molecule has 11 heteroatoms. The third-order valence-corrected chi connectivity index (χ3v) is 3.72. The Morgan fingerprint density at radius 2 is 2.04 bits per heavy atom. The van der Waals surface area contributed by atoms with Crippen molar-refractivity contribution in [2.24, 2.45) is 0 Å². The fourth-order valence-corrected chi connectivity index (χ4v) is 2.42. The van der Waals surface area contributed by atoms with Crippen LogP contribution in [0.25, 0.3) is 12.2 Å². The van der Waals surface area contributed by atoms with E-state index in [0.29, 0.717) is 15.8 Å². The molecule has 26 heavy (non-hydrogen) atoms. The van der Waals surface area contributed by atoms with Gasteiger partial charge in [0, 0.05) is 0 Å². The van der Waals surface area contributed by atoms with Gasteiger partial charge in [-0.05, 0) is 39.7 Å². The first kappa shape index (κ1) is 19.1. The van der Waals surface area contributed by atoms with Gasteiger partial charge in [0.15, 0.2) is 6.61 Å². The number of carbonyl (C=O) groups is 1. The number of halogens is 1. The standard InChI is InChI=1S/C15H12BrN3O7/c1-25-12(20)7-26-11-5-3-8(6-9(11)16)2-4-10-13(19(23)24)14(21)18-15(22)17-10/h2-6H,7H2,1H3,(H2,17,18,21,22)/b4-2-. The molecule has 0 spiro atoms. The Morgan fingerprint density at radius 1 is 1.31 bits per heavy atom. The van der Waals surface area contributed by atoms with Crippen molar-refractivity contribution in [1.82, 2.24) is 9.97 Å². The van der Waals surface area contributed by atoms with Gasteiger partial charge in [0.2, 0.25) is 0 Å². The zero-order chi connectivity index (χ0) is 19.3. The third kappa shape index (κ3) is 4.66. The van der Waals surface area contributed by atoms with E-state index in [2.05, 4.69) is 25.7 Å². The minimum absolute atomic E-state index is 0.231. The maximum Gasteiger partial charge on any atom is 0.357 e. The summed E-state index contributed by atoms with van der Waals surface area (Å²) in [6.07, 6.45) is 2.71. The summed E-state index contributed by atoms with van der Waals surface area (Å²) in [4.78, 5) is 48.1. The average Bonchev–Trinajstić information content (AvgIpc) is 2.57. The molecule has 2 rings (SSSR count). The predicted molar refractivity (Wildman–Crippen MR) is 94.9 cm³/mol. The lowest BCUT2D eigenvalue weighted by atomic mass is 10.2. The van der Waals surface area contributed by atoms with Crippen LogP contribution in [-0.4, -0.2) is 34.6 Å². The van der Waals surface area contributed by atoms with Crippen molar-refractivity contribution in [2.75, 3.05) is 13.7 Å². The monoisotopic (exact) mass is 425 g/mol. The third-order valence-electron chi connectivity index (χ3n) is 3.10. The summed E-state index contributed by atoms with van der Waals surface area (Å²) in [5, 5.41) is 11.0. The molecule has 0 saturated heterocycles. The molecule has 0 radical (unpaired) electrons. The van der Waals surface area contributed by atoms with Crippen molar-refractivity contribution in [3.05, 3.63) is 64.9 Å². The van der Waals surface area contributed by atoms with E-state index in [1.807, 2.05) is 0 Å². The molecule has 0 fully saturated rings. The number of methoxy groups -OCH3 is 1. The summed E-state index contributed by atoms with van der Waals surface area (Å²) >= 11 is 3.27. The number of carbonyl (C=O) groups excluding carboxylic acids is 1. The van der Waals surface area contributed by atoms with Crippen LogP contribution in [0.2, 0.25) is 0 Å². The molecule has 0 saturated carbocycles. The number of benzene rings is 1. The second-order valence-electron chi connectivity index (χ2n) is 4.82. The number of hydrogen-bond acceptors (Lipinski definition) is 7. The molecular weight excluding hydrogens is 414 g/mol. The van der Waals surface area contributed by atoms with E-state index in [1.54, 1.807) is 23.2 Å². The number of nitrogens with zero attached hydrogens (tertiary/aromatic N) is 1. The summed E-state index contributed by atoms with van der Waals surface area (Å²) in [7, 11) is 1.24. The molecule has 10 nitrogen and oxygen atoms in total. The van der Waals surface area contributed by atoms with Crippen LogP contribution in [-0.2, 0) is 9.53 Å². The Labute approximate surface area is 153 Å². The minimum atomic E-state index is -1.09. The maximum absolute atomic E-state index is 11.6. The van der Waals surface area contributed by atoms with Crippen LogP contribution in [0, 0.1) is 10.1 Å². The minimum Gasteiger partial charge on any atom is -0.481 e. The van der Waals surface area contributed by atoms with E-state index in [1.165, 1.54) is 19.3 Å². The summed E-state index contributed by atoms with van der Waals surface area (Å²) in [6, 6.07) is 4.81. The smallest absolute Gasteiger partial charge is 0.357 e. The summed E-state index contributed by atoms with van der Waals surface area (Å²) < 4.78 is 10.3. The second-order valence-corrected chi connectivity index (χ2v) is 5.67. The molecule has 0 aliphatic rings. The fourth-order valence-electron chi connectivity index (χ4n) is 1.91. The zero-order valence-corrected chi connectivity index (χ0v) is 14.9. The highest BCUT2D eigenvalue weighted by Gasteiger charge is 2.18. The predicted octanol–water partition coefficient (Wildman–Crippen LogP) is 1.46. The van der Waals surface area contributed by atoms with Crippen molar-refractivity contribution >= 4 is 39.7 Å². The Bertz CT molecular complexity index is 993. The van der Waals surface area contributed by atoms with Crippen molar-refractivity contribution in [1.29, 1.82) is 0 Å². The average molecular weight is 426 g/mol. The van der Waals surface area contributed by atoms with Crippen LogP contribution in [0.15, 0.2) is 32.3 Å². The number of aromatic nitrogens is 2. The lowest BCUT2D eigenvalue weighted by molar-refractivity contribution is -0.386. The van der Waals surface area contributed by atoms with Crippen molar-refractivity contribution in [3.8, 4) is 5.75 Å². The molecular formula is C15H12BrN3O7. The van der Waals surface area contributed by atoms with Gasteiger partial charge in [-0.25, -0.2) is 9.59 Å². The van der Waals surface area contributed by atoms with Crippen LogP contribution in [0.4, 0.5) is 5.69 Å². The molecule has 0 amide bonds. The van der Waals surface area contributed by atoms with Crippen molar-refractivity contribution < 1.29 is 19.2 Å². The van der Waals surface area contributed by atoms with E-state index in [9.17, 15) is 24.5 Å². The van der Waals surface area contributed by atoms with E-state index < -0.39 is 27.8 Å². The van der Waals surface area contributed by atoms with E-state index in [0.717, 1.165) is 0 Å². The highest BCUT2D eigenvalue weighted by Crippen LogP contribution is 2.27. The van der Waals surface area contributed by atoms with Gasteiger partial charge in [0.1, 0.15) is 11.4 Å². The summed E-state index contributed by atoms with van der Waals surface area (Å²) in [6.45, 7) is -0.259. The first-order valence-electron chi connectivity index (χ1n) is 7.00. The Kier molecular flexibility index (Phi) is 6.07. The number of hydrogen-bond donors (Lipinski definition) is 2. The molecule has 1 heterocycles. The van der Waals surface area contributed by atoms with Gasteiger partial charge in [-0.3, -0.25) is 19.9 Å². The van der Waals surface area contributed by atoms with Crippen LogP contribution < -0.4 is 16.0 Å². The molecule has 0 bridgehead atoms. The molecule has 0 aliphatic carbocycles. The number of nitro groups is 1. The van der Waals surface area contributed by atoms with Gasteiger partial charge in [-0.1, -0.05) is 12.1 Å². The molecule has 1 aromatic carbocycles. The number of esters is 1. The van der Waals surface area contributed by atoms with Gasteiger partial charge in [-0.15, -0.1) is 0 Å². The number of H-pyrrole nitrogens is 2. The molecule has 0 aliphatic heterocycles. The van der Waals surface area contributed by atoms with Gasteiger partial charge in [-0.2, -0.15) is 0 Å². The number of nitrogens with one attached hydrogen (secondary N) is 2. The Hall–Kier alpha value is -3.21. The van der Waals surface area contributed by atoms with Crippen molar-refractivity contribution in [2.45, 2.75) is 0 Å². The van der Waals surface area contributed by atoms with Crippen LogP contribution in [0.5, 0.6) is 5.75 Å². The highest BCUT2D eigenvalue weighted by atomic mass is 79.9. The van der Waals surface area contributed by atoms with Gasteiger partial charge < -0.3 is 14.5 Å². The molecule has 136 valence electrons. The zero-order valence-electron chi connectivity index (χ0n) is 13.3. The summed E-state index contributed by atoms with van der Waals surface area (Å²) in [5.74, 6) is -0.144. The topological polar surface area (TPSA) is 144 Å². The van der Waals surface area contributed by atoms with E-state index in [4.69, 9.17) is 4.74 Å². The first-order chi connectivity index (χ1) is 12.3. The van der Waals surface area contributed by atoms with Gasteiger partial charge in [0.25, 0.3) is 0 Å². The highest BCUT2D eigenvalue weighted by molar-refractivity contribution is 9.10. The molecule has 0 unspecified atom stereocenters. The van der Waals surface area contributed by atoms with Crippen LogP contribution >= 0.6 is 15.9 Å². The molecule has 0 atom stereocenters. The Balaban J connectivity index is 2.28. The normalized spacial score (nSPS) is 10.7. The second kappa shape index (κ2) is 8.25.